The van der Waals surface area contributed by atoms with Crippen molar-refractivity contribution in [2.75, 3.05) is 19.6 Å². The molecule has 0 saturated carbocycles. The molecule has 0 aliphatic carbocycles. The van der Waals surface area contributed by atoms with Crippen molar-refractivity contribution >= 4 is 5.91 Å². The number of nitrogens with zero attached hydrogens (tertiary/aromatic N) is 1. The third-order valence-electron chi connectivity index (χ3n) is 3.92. The molecule has 2 rings (SSSR count). The van der Waals surface area contributed by atoms with Crippen LogP contribution in [0.25, 0.3) is 0 Å². The van der Waals surface area contributed by atoms with Gasteiger partial charge < -0.3 is 15.3 Å². The Hall–Kier alpha value is -0.610. The van der Waals surface area contributed by atoms with Gasteiger partial charge in [-0.1, -0.05) is 20.3 Å². The first-order chi connectivity index (χ1) is 7.53. The number of hydrogen-bond acceptors (Lipinski definition) is 3. The Labute approximate surface area is 97.0 Å². The molecule has 0 unspecified atom stereocenters. The van der Waals surface area contributed by atoms with Crippen molar-refractivity contribution in [1.29, 1.82) is 0 Å². The third-order valence-corrected chi connectivity index (χ3v) is 3.92. The lowest BCUT2D eigenvalue weighted by molar-refractivity contribution is -0.166. The quantitative estimate of drug-likeness (QED) is 0.715. The molecule has 0 aromatic carbocycles. The highest BCUT2D eigenvalue weighted by molar-refractivity contribution is 5.83. The maximum absolute atomic E-state index is 12.0. The van der Waals surface area contributed by atoms with E-state index >= 15 is 0 Å². The first kappa shape index (κ1) is 11.9. The maximum Gasteiger partial charge on any atom is 0.239 e. The molecular formula is C12H22N2O2. The van der Waals surface area contributed by atoms with Crippen molar-refractivity contribution in [2.24, 2.45) is 5.92 Å². The molecule has 4 heteroatoms. The first-order valence-electron chi connectivity index (χ1n) is 6.27. The van der Waals surface area contributed by atoms with E-state index in [1.807, 2.05) is 13.8 Å². The lowest BCUT2D eigenvalue weighted by atomic mass is 9.82. The Balaban J connectivity index is 1.84. The minimum absolute atomic E-state index is 0.00883. The molecule has 2 fully saturated rings. The summed E-state index contributed by atoms with van der Waals surface area (Å²) in [5.74, 6) is 0.390. The van der Waals surface area contributed by atoms with Gasteiger partial charge in [0.15, 0.2) is 0 Å². The van der Waals surface area contributed by atoms with E-state index in [1.165, 1.54) is 6.42 Å². The fourth-order valence-corrected chi connectivity index (χ4v) is 2.42. The largest absolute Gasteiger partial charge is 0.386 e. The predicted octanol–water partition coefficient (Wildman–Crippen LogP) is 0.358. The standard InChI is InChI=1S/C12H22N2O2/c1-9(2)12(16)7-14(8-12)11(15)10-5-3-4-6-13-10/h9-10,13,16H,3-8H2,1-2H3/t10-/m1/s1. The van der Waals surface area contributed by atoms with E-state index in [-0.39, 0.29) is 17.9 Å². The van der Waals surface area contributed by atoms with E-state index in [0.717, 1.165) is 19.4 Å². The van der Waals surface area contributed by atoms with E-state index in [0.29, 0.717) is 13.1 Å². The second-order valence-electron chi connectivity index (χ2n) is 5.46. The molecule has 1 amide bonds. The number of hydrogen-bond donors (Lipinski definition) is 2. The van der Waals surface area contributed by atoms with E-state index < -0.39 is 5.60 Å². The monoisotopic (exact) mass is 226 g/mol. The van der Waals surface area contributed by atoms with Gasteiger partial charge >= 0.3 is 0 Å². The molecule has 2 heterocycles. The average molecular weight is 226 g/mol. The molecule has 0 aromatic heterocycles. The SMILES string of the molecule is CC(C)C1(O)CN(C(=O)[C@H]2CCCCN2)C1. The number of β-amino-alcohol motifs (C(OH)–C–C–N with tert-alkyl or cyclic N) is 1. The van der Waals surface area contributed by atoms with Crippen LogP contribution in [0.2, 0.25) is 0 Å². The lowest BCUT2D eigenvalue weighted by Gasteiger charge is -2.50. The molecule has 92 valence electrons. The zero-order valence-electron chi connectivity index (χ0n) is 10.2. The van der Waals surface area contributed by atoms with Gasteiger partial charge in [-0.2, -0.15) is 0 Å². The summed E-state index contributed by atoms with van der Waals surface area (Å²) in [5.41, 5.74) is -0.648. The topological polar surface area (TPSA) is 52.6 Å². The Morgan fingerprint density at radius 1 is 1.44 bits per heavy atom. The van der Waals surface area contributed by atoms with Crippen LogP contribution in [0, 0.1) is 5.92 Å². The number of carbonyl (C=O) groups is 1. The minimum Gasteiger partial charge on any atom is -0.386 e. The number of nitrogens with one attached hydrogen (secondary N) is 1. The van der Waals surface area contributed by atoms with Gasteiger partial charge in [0.1, 0.15) is 5.60 Å². The predicted molar refractivity (Wildman–Crippen MR) is 62.0 cm³/mol. The molecule has 0 bridgehead atoms. The first-order valence-corrected chi connectivity index (χ1v) is 6.27. The summed E-state index contributed by atoms with van der Waals surface area (Å²) in [6.45, 7) is 5.95. The van der Waals surface area contributed by atoms with Crippen LogP contribution in [-0.4, -0.2) is 47.2 Å². The van der Waals surface area contributed by atoms with E-state index in [9.17, 15) is 9.90 Å². The second-order valence-corrected chi connectivity index (χ2v) is 5.46. The Morgan fingerprint density at radius 2 is 2.12 bits per heavy atom. The molecule has 4 nitrogen and oxygen atoms in total. The molecule has 0 radical (unpaired) electrons. The molecule has 0 spiro atoms. The van der Waals surface area contributed by atoms with Crippen LogP contribution in [-0.2, 0) is 4.79 Å². The van der Waals surface area contributed by atoms with Gasteiger partial charge in [-0.05, 0) is 25.3 Å². The third kappa shape index (κ3) is 2.09. The maximum atomic E-state index is 12.0. The highest BCUT2D eigenvalue weighted by Gasteiger charge is 2.46. The van der Waals surface area contributed by atoms with Crippen molar-refractivity contribution in [3.8, 4) is 0 Å². The van der Waals surface area contributed by atoms with Crippen LogP contribution < -0.4 is 5.32 Å². The van der Waals surface area contributed by atoms with Gasteiger partial charge in [0.2, 0.25) is 5.91 Å². The average Bonchev–Trinajstić information content (AvgIpc) is 2.25. The highest BCUT2D eigenvalue weighted by Crippen LogP contribution is 2.29. The van der Waals surface area contributed by atoms with Crippen molar-refractivity contribution in [3.63, 3.8) is 0 Å². The van der Waals surface area contributed by atoms with Crippen LogP contribution in [0.4, 0.5) is 0 Å². The molecule has 1 atom stereocenters. The number of amides is 1. The summed E-state index contributed by atoms with van der Waals surface area (Å²) >= 11 is 0. The fourth-order valence-electron chi connectivity index (χ4n) is 2.42. The molecule has 2 N–H and O–H groups in total. The van der Waals surface area contributed by atoms with Gasteiger partial charge in [-0.25, -0.2) is 0 Å². The number of piperidine rings is 1. The number of aliphatic hydroxyl groups is 1. The molecule has 2 aliphatic rings. The second kappa shape index (κ2) is 4.34. The van der Waals surface area contributed by atoms with Gasteiger partial charge in [-0.3, -0.25) is 4.79 Å². The molecule has 16 heavy (non-hydrogen) atoms. The number of rotatable bonds is 2. The molecular weight excluding hydrogens is 204 g/mol. The smallest absolute Gasteiger partial charge is 0.239 e. The van der Waals surface area contributed by atoms with Gasteiger partial charge in [-0.15, -0.1) is 0 Å². The van der Waals surface area contributed by atoms with E-state index in [1.54, 1.807) is 4.90 Å². The van der Waals surface area contributed by atoms with Gasteiger partial charge in [0, 0.05) is 0 Å². The summed E-state index contributed by atoms with van der Waals surface area (Å²) < 4.78 is 0. The summed E-state index contributed by atoms with van der Waals surface area (Å²) in [4.78, 5) is 13.8. The zero-order valence-corrected chi connectivity index (χ0v) is 10.2. The number of carbonyl (C=O) groups excluding carboxylic acids is 1. The number of likely N-dealkylation sites (tertiary alicyclic amines) is 1. The van der Waals surface area contributed by atoms with E-state index in [2.05, 4.69) is 5.32 Å². The van der Waals surface area contributed by atoms with Crippen molar-refractivity contribution in [3.05, 3.63) is 0 Å². The van der Waals surface area contributed by atoms with Crippen LogP contribution in [0.1, 0.15) is 33.1 Å². The van der Waals surface area contributed by atoms with Crippen LogP contribution in [0.5, 0.6) is 0 Å². The van der Waals surface area contributed by atoms with E-state index in [4.69, 9.17) is 0 Å². The Morgan fingerprint density at radius 3 is 2.62 bits per heavy atom. The normalized spacial score (nSPS) is 29.0. The van der Waals surface area contributed by atoms with Crippen molar-refractivity contribution in [1.82, 2.24) is 10.2 Å². The Kier molecular flexibility index (Phi) is 3.22. The summed E-state index contributed by atoms with van der Waals surface area (Å²) in [7, 11) is 0. The van der Waals surface area contributed by atoms with Crippen LogP contribution >= 0.6 is 0 Å². The minimum atomic E-state index is -0.648. The van der Waals surface area contributed by atoms with Crippen LogP contribution in [0.3, 0.4) is 0 Å². The molecule has 2 saturated heterocycles. The fraction of sp³-hybridized carbons (Fsp3) is 0.917. The lowest BCUT2D eigenvalue weighted by Crippen LogP contribution is -2.68. The van der Waals surface area contributed by atoms with Gasteiger partial charge in [0.25, 0.3) is 0 Å². The summed E-state index contributed by atoms with van der Waals surface area (Å²) in [6.07, 6.45) is 3.24. The molecule has 0 aromatic rings. The van der Waals surface area contributed by atoms with Crippen molar-refractivity contribution in [2.45, 2.75) is 44.8 Å². The van der Waals surface area contributed by atoms with Gasteiger partial charge in [0.05, 0.1) is 19.1 Å². The van der Waals surface area contributed by atoms with Crippen molar-refractivity contribution < 1.29 is 9.90 Å². The Bertz CT molecular complexity index is 266. The van der Waals surface area contributed by atoms with Crippen LogP contribution in [0.15, 0.2) is 0 Å². The molecule has 2 aliphatic heterocycles. The summed E-state index contributed by atoms with van der Waals surface area (Å²) in [5, 5.41) is 13.3. The highest BCUT2D eigenvalue weighted by atomic mass is 16.3. The summed E-state index contributed by atoms with van der Waals surface area (Å²) in [6, 6.07) is -0.00883. The zero-order chi connectivity index (χ0) is 11.8.